The first kappa shape index (κ1) is 13.4. The number of rotatable bonds is 3. The fraction of sp³-hybridized carbons (Fsp3) is 0.200. The number of nitrogens with zero attached hydrogens (tertiary/aromatic N) is 3. The average Bonchev–Trinajstić information content (AvgIpc) is 2.22. The van der Waals surface area contributed by atoms with E-state index < -0.39 is 11.7 Å². The van der Waals surface area contributed by atoms with Crippen LogP contribution in [0.15, 0.2) is 29.4 Å². The molecule has 1 rings (SSSR count). The first-order chi connectivity index (χ1) is 7.93. The van der Waals surface area contributed by atoms with E-state index in [4.69, 9.17) is 17.1 Å². The number of hydrogen-bond donors (Lipinski definition) is 0. The van der Waals surface area contributed by atoms with Crippen molar-refractivity contribution < 1.29 is 13.2 Å². The number of alkyl halides is 3. The maximum atomic E-state index is 12.4. The van der Waals surface area contributed by atoms with Crippen molar-refractivity contribution >= 4 is 17.7 Å². The molecule has 0 N–H and O–H groups in total. The third-order valence-electron chi connectivity index (χ3n) is 1.81. The second kappa shape index (κ2) is 5.61. The molecule has 0 heterocycles. The molecule has 0 bridgehead atoms. The number of halogens is 4. The maximum absolute atomic E-state index is 12.4. The van der Waals surface area contributed by atoms with E-state index in [0.717, 1.165) is 12.1 Å². The molecule has 1 aromatic carbocycles. The summed E-state index contributed by atoms with van der Waals surface area (Å²) in [5.41, 5.74) is 7.50. The van der Waals surface area contributed by atoms with Crippen molar-refractivity contribution in [3.63, 3.8) is 0 Å². The zero-order valence-electron chi connectivity index (χ0n) is 8.45. The summed E-state index contributed by atoms with van der Waals surface area (Å²) in [5.74, 6) is 0. The fourth-order valence-corrected chi connectivity index (χ4v) is 1.39. The van der Waals surface area contributed by atoms with Gasteiger partial charge in [-0.15, -0.1) is 0 Å². The quantitative estimate of drug-likeness (QED) is 0.431. The predicted octanol–water partition coefficient (Wildman–Crippen LogP) is 4.68. The van der Waals surface area contributed by atoms with E-state index in [0.29, 0.717) is 5.56 Å². The Hall–Kier alpha value is -1.65. The molecule has 90 valence electrons. The van der Waals surface area contributed by atoms with Crippen LogP contribution in [-0.2, 0) is 6.18 Å². The highest BCUT2D eigenvalue weighted by atomic mass is 35.5. The largest absolute Gasteiger partial charge is 0.416 e. The first-order valence-electron chi connectivity index (χ1n) is 4.48. The van der Waals surface area contributed by atoms with Gasteiger partial charge in [0.15, 0.2) is 0 Å². The summed E-state index contributed by atoms with van der Waals surface area (Å²) >= 11 is 5.58. The first-order valence-corrected chi connectivity index (χ1v) is 4.86. The molecule has 0 aliphatic carbocycles. The lowest BCUT2D eigenvalue weighted by molar-refractivity contribution is -0.137. The lowest BCUT2D eigenvalue weighted by atomic mass is 10.1. The molecule has 3 nitrogen and oxygen atoms in total. The third kappa shape index (κ3) is 4.38. The van der Waals surface area contributed by atoms with Gasteiger partial charge in [0.05, 0.1) is 5.56 Å². The molecule has 0 amide bonds. The van der Waals surface area contributed by atoms with E-state index in [-0.39, 0.29) is 11.6 Å². The Bertz CT molecular complexity index is 476. The van der Waals surface area contributed by atoms with Crippen LogP contribution >= 0.6 is 11.6 Å². The highest BCUT2D eigenvalue weighted by Gasteiger charge is 2.30. The summed E-state index contributed by atoms with van der Waals surface area (Å²) in [6.45, 7) is 0.0738. The van der Waals surface area contributed by atoms with Crippen molar-refractivity contribution in [2.75, 3.05) is 6.54 Å². The van der Waals surface area contributed by atoms with E-state index in [1.165, 1.54) is 18.2 Å². The molecule has 7 heteroatoms. The van der Waals surface area contributed by atoms with E-state index in [2.05, 4.69) is 10.0 Å². The van der Waals surface area contributed by atoms with Crippen LogP contribution in [0.3, 0.4) is 0 Å². The normalized spacial score (nSPS) is 11.5. The molecular formula is C10H7ClF3N3. The molecular weight excluding hydrogens is 255 g/mol. The van der Waals surface area contributed by atoms with Gasteiger partial charge in [-0.1, -0.05) is 28.9 Å². The summed E-state index contributed by atoms with van der Waals surface area (Å²) in [7, 11) is 0. The standard InChI is InChI=1S/C10H7ClF3N3/c11-9-5-7(2-1-3-16-17-15)4-8(6-9)10(12,13)14/h1-2,4-6H,3H2. The summed E-state index contributed by atoms with van der Waals surface area (Å²) in [5, 5.41) is 3.22. The minimum Gasteiger partial charge on any atom is -0.166 e. The minimum absolute atomic E-state index is 0.00302. The number of hydrogen-bond acceptors (Lipinski definition) is 1. The Morgan fingerprint density at radius 1 is 1.35 bits per heavy atom. The van der Waals surface area contributed by atoms with Crippen LogP contribution in [0.5, 0.6) is 0 Å². The Morgan fingerprint density at radius 3 is 2.65 bits per heavy atom. The second-order valence-corrected chi connectivity index (χ2v) is 3.52. The summed E-state index contributed by atoms with van der Waals surface area (Å²) in [6.07, 6.45) is -1.57. The molecule has 0 saturated heterocycles. The average molecular weight is 262 g/mol. The smallest absolute Gasteiger partial charge is 0.166 e. The van der Waals surface area contributed by atoms with Crippen LogP contribution in [0, 0.1) is 0 Å². The summed E-state index contributed by atoms with van der Waals surface area (Å²) in [4.78, 5) is 2.51. The molecule has 0 aliphatic rings. The van der Waals surface area contributed by atoms with E-state index in [1.54, 1.807) is 0 Å². The minimum atomic E-state index is -4.43. The highest BCUT2D eigenvalue weighted by Crippen LogP contribution is 2.32. The lowest BCUT2D eigenvalue weighted by Gasteiger charge is -2.07. The molecule has 0 spiro atoms. The van der Waals surface area contributed by atoms with Gasteiger partial charge in [0.25, 0.3) is 0 Å². The van der Waals surface area contributed by atoms with Crippen LogP contribution in [0.1, 0.15) is 11.1 Å². The zero-order chi connectivity index (χ0) is 12.9. The van der Waals surface area contributed by atoms with Gasteiger partial charge in [0, 0.05) is 16.5 Å². The van der Waals surface area contributed by atoms with Crippen molar-refractivity contribution in [3.05, 3.63) is 50.9 Å². The van der Waals surface area contributed by atoms with E-state index in [9.17, 15) is 13.2 Å². The Kier molecular flexibility index (Phi) is 4.43. The molecule has 0 saturated carbocycles. The molecule has 1 aromatic rings. The molecule has 0 unspecified atom stereocenters. The van der Waals surface area contributed by atoms with Crippen molar-refractivity contribution in [1.82, 2.24) is 0 Å². The fourth-order valence-electron chi connectivity index (χ4n) is 1.14. The predicted molar refractivity (Wildman–Crippen MR) is 59.5 cm³/mol. The van der Waals surface area contributed by atoms with Crippen molar-refractivity contribution in [3.8, 4) is 0 Å². The van der Waals surface area contributed by atoms with Crippen LogP contribution in [0.25, 0.3) is 16.5 Å². The van der Waals surface area contributed by atoms with Crippen LogP contribution in [-0.4, -0.2) is 6.54 Å². The Labute approximate surface area is 100 Å². The summed E-state index contributed by atoms with van der Waals surface area (Å²) < 4.78 is 37.3. The lowest BCUT2D eigenvalue weighted by Crippen LogP contribution is -2.04. The molecule has 17 heavy (non-hydrogen) atoms. The van der Waals surface area contributed by atoms with E-state index >= 15 is 0 Å². The highest BCUT2D eigenvalue weighted by molar-refractivity contribution is 6.30. The van der Waals surface area contributed by atoms with Gasteiger partial charge < -0.3 is 0 Å². The van der Waals surface area contributed by atoms with Crippen LogP contribution < -0.4 is 0 Å². The van der Waals surface area contributed by atoms with Crippen LogP contribution in [0.4, 0.5) is 13.2 Å². The number of azide groups is 1. The molecule has 0 fully saturated rings. The maximum Gasteiger partial charge on any atom is 0.416 e. The Balaban J connectivity index is 2.97. The monoisotopic (exact) mass is 261 g/mol. The van der Waals surface area contributed by atoms with Gasteiger partial charge >= 0.3 is 6.18 Å². The van der Waals surface area contributed by atoms with Gasteiger partial charge in [-0.05, 0) is 29.3 Å². The zero-order valence-corrected chi connectivity index (χ0v) is 9.20. The van der Waals surface area contributed by atoms with Gasteiger partial charge in [0.1, 0.15) is 0 Å². The van der Waals surface area contributed by atoms with Gasteiger partial charge in [-0.2, -0.15) is 13.2 Å². The Morgan fingerprint density at radius 2 is 2.06 bits per heavy atom. The van der Waals surface area contributed by atoms with Crippen molar-refractivity contribution in [1.29, 1.82) is 0 Å². The van der Waals surface area contributed by atoms with Crippen LogP contribution in [0.2, 0.25) is 5.02 Å². The molecule has 0 aliphatic heterocycles. The SMILES string of the molecule is [N-]=[N+]=NCC=Cc1cc(Cl)cc(C(F)(F)F)c1. The second-order valence-electron chi connectivity index (χ2n) is 3.09. The molecule has 0 atom stereocenters. The van der Waals surface area contributed by atoms with E-state index in [1.807, 2.05) is 0 Å². The van der Waals surface area contributed by atoms with Crippen molar-refractivity contribution in [2.45, 2.75) is 6.18 Å². The van der Waals surface area contributed by atoms with Crippen molar-refractivity contribution in [2.24, 2.45) is 5.11 Å². The summed E-state index contributed by atoms with van der Waals surface area (Å²) in [6, 6.07) is 3.22. The van der Waals surface area contributed by atoms with Gasteiger partial charge in [0.2, 0.25) is 0 Å². The third-order valence-corrected chi connectivity index (χ3v) is 2.03. The molecule has 0 aromatic heterocycles. The number of benzene rings is 1. The van der Waals surface area contributed by atoms with Gasteiger partial charge in [-0.25, -0.2) is 0 Å². The van der Waals surface area contributed by atoms with Gasteiger partial charge in [-0.3, -0.25) is 0 Å². The topological polar surface area (TPSA) is 48.8 Å². The molecule has 0 radical (unpaired) electrons.